The molecule has 64 valence electrons. The maximum absolute atomic E-state index is 5.41. The molecule has 0 aromatic rings. The van der Waals surface area contributed by atoms with Crippen molar-refractivity contribution >= 4 is 6.21 Å². The molecule has 0 bridgehead atoms. The number of hydrogen-bond acceptors (Lipinski definition) is 2. The predicted molar refractivity (Wildman–Crippen MR) is 49.3 cm³/mol. The van der Waals surface area contributed by atoms with Crippen molar-refractivity contribution < 1.29 is 4.74 Å². The third-order valence-corrected chi connectivity index (χ3v) is 2.15. The number of nitrogens with zero attached hydrogens (tertiary/aromatic N) is 1. The van der Waals surface area contributed by atoms with Crippen LogP contribution in [0.1, 0.15) is 20.3 Å². The van der Waals surface area contributed by atoms with Gasteiger partial charge in [-0.1, -0.05) is 12.2 Å². The molecule has 0 aromatic carbocycles. The standard InChI is InChI=1S/C10H13NO/c1-10(2)5-3-8-4-6-12-9(8)7-11-10/h3,5,7H,4,6H2,1-2H3. The van der Waals surface area contributed by atoms with E-state index in [1.807, 2.05) is 6.21 Å². The fourth-order valence-corrected chi connectivity index (χ4v) is 1.35. The Kier molecular flexibility index (Phi) is 1.56. The van der Waals surface area contributed by atoms with Crippen LogP contribution in [0.2, 0.25) is 0 Å². The number of aliphatic imine (C=N–C) groups is 1. The second kappa shape index (κ2) is 2.47. The smallest absolute Gasteiger partial charge is 0.140 e. The van der Waals surface area contributed by atoms with Crippen molar-refractivity contribution in [2.45, 2.75) is 25.8 Å². The predicted octanol–water partition coefficient (Wildman–Crippen LogP) is 2.08. The van der Waals surface area contributed by atoms with Crippen LogP contribution >= 0.6 is 0 Å². The Balaban J connectivity index is 2.34. The van der Waals surface area contributed by atoms with Gasteiger partial charge in [0, 0.05) is 6.42 Å². The second-order valence-corrected chi connectivity index (χ2v) is 3.73. The lowest BCUT2D eigenvalue weighted by Crippen LogP contribution is -2.11. The number of ether oxygens (including phenoxy) is 1. The first-order chi connectivity index (χ1) is 5.67. The van der Waals surface area contributed by atoms with Gasteiger partial charge in [0.2, 0.25) is 0 Å². The van der Waals surface area contributed by atoms with Gasteiger partial charge in [-0.15, -0.1) is 0 Å². The first-order valence-electron chi connectivity index (χ1n) is 4.28. The van der Waals surface area contributed by atoms with Crippen molar-refractivity contribution in [3.05, 3.63) is 23.5 Å². The van der Waals surface area contributed by atoms with Crippen LogP contribution in [0.15, 0.2) is 28.5 Å². The molecule has 0 saturated carbocycles. The SMILES string of the molecule is CC1(C)C=CC2=C(C=N1)OCC2. The summed E-state index contributed by atoms with van der Waals surface area (Å²) in [5, 5.41) is 0. The summed E-state index contributed by atoms with van der Waals surface area (Å²) in [5.74, 6) is 0.955. The zero-order chi connectivity index (χ0) is 8.60. The van der Waals surface area contributed by atoms with E-state index in [4.69, 9.17) is 4.74 Å². The Labute approximate surface area is 72.6 Å². The van der Waals surface area contributed by atoms with Crippen LogP contribution < -0.4 is 0 Å². The van der Waals surface area contributed by atoms with Gasteiger partial charge in [-0.3, -0.25) is 4.99 Å². The van der Waals surface area contributed by atoms with Crippen LogP contribution in [0.4, 0.5) is 0 Å². The molecule has 0 amide bonds. The number of allylic oxidation sites excluding steroid dienone is 2. The highest BCUT2D eigenvalue weighted by atomic mass is 16.5. The molecule has 0 saturated heterocycles. The lowest BCUT2D eigenvalue weighted by Gasteiger charge is -2.12. The summed E-state index contributed by atoms with van der Waals surface area (Å²) in [6.07, 6.45) is 7.13. The zero-order valence-corrected chi connectivity index (χ0v) is 7.50. The van der Waals surface area contributed by atoms with Crippen molar-refractivity contribution in [2.75, 3.05) is 6.61 Å². The molecule has 0 fully saturated rings. The third kappa shape index (κ3) is 1.29. The van der Waals surface area contributed by atoms with Gasteiger partial charge in [0.25, 0.3) is 0 Å². The van der Waals surface area contributed by atoms with Crippen LogP contribution in [0, 0.1) is 0 Å². The second-order valence-electron chi connectivity index (χ2n) is 3.73. The molecule has 2 nitrogen and oxygen atoms in total. The first kappa shape index (κ1) is 7.59. The topological polar surface area (TPSA) is 21.6 Å². The third-order valence-electron chi connectivity index (χ3n) is 2.15. The molecule has 2 heteroatoms. The lowest BCUT2D eigenvalue weighted by atomic mass is 10.1. The van der Waals surface area contributed by atoms with E-state index in [0.29, 0.717) is 0 Å². The van der Waals surface area contributed by atoms with Gasteiger partial charge in [0.15, 0.2) is 0 Å². The molecule has 0 atom stereocenters. The van der Waals surface area contributed by atoms with Gasteiger partial charge in [0.1, 0.15) is 5.76 Å². The highest BCUT2D eigenvalue weighted by Gasteiger charge is 2.18. The average molecular weight is 163 g/mol. The maximum atomic E-state index is 5.41. The molecule has 0 unspecified atom stereocenters. The first-order valence-corrected chi connectivity index (χ1v) is 4.28. The fourth-order valence-electron chi connectivity index (χ4n) is 1.35. The van der Waals surface area contributed by atoms with Gasteiger partial charge in [-0.05, 0) is 19.4 Å². The van der Waals surface area contributed by atoms with Crippen molar-refractivity contribution in [2.24, 2.45) is 4.99 Å². The van der Waals surface area contributed by atoms with Crippen LogP contribution in [0.5, 0.6) is 0 Å². The summed E-state index contributed by atoms with van der Waals surface area (Å²) >= 11 is 0. The van der Waals surface area contributed by atoms with Crippen molar-refractivity contribution in [3.8, 4) is 0 Å². The molecule has 0 N–H and O–H groups in total. The minimum Gasteiger partial charge on any atom is -0.491 e. The highest BCUT2D eigenvalue weighted by molar-refractivity contribution is 5.79. The van der Waals surface area contributed by atoms with E-state index in [-0.39, 0.29) is 5.54 Å². The summed E-state index contributed by atoms with van der Waals surface area (Å²) in [6.45, 7) is 4.98. The summed E-state index contributed by atoms with van der Waals surface area (Å²) in [7, 11) is 0. The quantitative estimate of drug-likeness (QED) is 0.535. The summed E-state index contributed by atoms with van der Waals surface area (Å²) < 4.78 is 5.41. The van der Waals surface area contributed by atoms with Gasteiger partial charge in [-0.25, -0.2) is 0 Å². The van der Waals surface area contributed by atoms with Crippen molar-refractivity contribution in [1.29, 1.82) is 0 Å². The maximum Gasteiger partial charge on any atom is 0.140 e. The largest absolute Gasteiger partial charge is 0.491 e. The van der Waals surface area contributed by atoms with Crippen LogP contribution in [-0.4, -0.2) is 18.4 Å². The van der Waals surface area contributed by atoms with Gasteiger partial charge < -0.3 is 4.74 Å². The Hall–Kier alpha value is -1.05. The van der Waals surface area contributed by atoms with Gasteiger partial charge in [-0.2, -0.15) is 0 Å². The Morgan fingerprint density at radius 3 is 3.17 bits per heavy atom. The van der Waals surface area contributed by atoms with E-state index in [0.717, 1.165) is 18.8 Å². The zero-order valence-electron chi connectivity index (χ0n) is 7.50. The molecule has 0 radical (unpaired) electrons. The molecule has 2 heterocycles. The van der Waals surface area contributed by atoms with E-state index in [1.54, 1.807) is 0 Å². The van der Waals surface area contributed by atoms with Crippen molar-refractivity contribution in [3.63, 3.8) is 0 Å². The summed E-state index contributed by atoms with van der Waals surface area (Å²) in [6, 6.07) is 0. The lowest BCUT2D eigenvalue weighted by molar-refractivity contribution is 0.265. The van der Waals surface area contributed by atoms with Crippen molar-refractivity contribution in [1.82, 2.24) is 0 Å². The Bertz CT molecular complexity index is 258. The van der Waals surface area contributed by atoms with E-state index >= 15 is 0 Å². The van der Waals surface area contributed by atoms with E-state index in [1.165, 1.54) is 5.57 Å². The summed E-state index contributed by atoms with van der Waals surface area (Å²) in [4.78, 5) is 4.40. The molecule has 2 aliphatic heterocycles. The normalized spacial score (nSPS) is 25.2. The Morgan fingerprint density at radius 2 is 2.33 bits per heavy atom. The van der Waals surface area contributed by atoms with Gasteiger partial charge >= 0.3 is 0 Å². The summed E-state index contributed by atoms with van der Waals surface area (Å²) in [5.41, 5.74) is 1.21. The van der Waals surface area contributed by atoms with E-state index < -0.39 is 0 Å². The molecule has 2 rings (SSSR count). The number of hydrogen-bond donors (Lipinski definition) is 0. The minimum absolute atomic E-state index is 0.0757. The number of rotatable bonds is 0. The van der Waals surface area contributed by atoms with Crippen LogP contribution in [0.3, 0.4) is 0 Å². The van der Waals surface area contributed by atoms with E-state index in [9.17, 15) is 0 Å². The molecule has 2 aliphatic rings. The minimum atomic E-state index is -0.0757. The highest BCUT2D eigenvalue weighted by Crippen LogP contribution is 2.24. The molecule has 12 heavy (non-hydrogen) atoms. The molecular weight excluding hydrogens is 150 g/mol. The van der Waals surface area contributed by atoms with Crippen LogP contribution in [-0.2, 0) is 4.74 Å². The van der Waals surface area contributed by atoms with Gasteiger partial charge in [0.05, 0.1) is 18.4 Å². The Morgan fingerprint density at radius 1 is 1.50 bits per heavy atom. The molecule has 0 aliphatic carbocycles. The molecule has 0 aromatic heterocycles. The van der Waals surface area contributed by atoms with E-state index in [2.05, 4.69) is 31.0 Å². The average Bonchev–Trinajstić information content (AvgIpc) is 2.40. The van der Waals surface area contributed by atoms with Crippen LogP contribution in [0.25, 0.3) is 0 Å². The monoisotopic (exact) mass is 163 g/mol. The molecule has 0 spiro atoms. The molecular formula is C10H13NO. The fraction of sp³-hybridized carbons (Fsp3) is 0.500.